The molecule has 7 atom stereocenters. The van der Waals surface area contributed by atoms with Crippen molar-refractivity contribution in [2.75, 3.05) is 24.6 Å². The molecule has 0 aromatic heterocycles. The summed E-state index contributed by atoms with van der Waals surface area (Å²) in [4.78, 5) is 79.1. The number of amides is 6. The minimum Gasteiger partial charge on any atom is -0.391 e. The molecule has 15 nitrogen and oxygen atoms in total. The molecule has 1 saturated heterocycles. The molecule has 16 heteroatoms. The summed E-state index contributed by atoms with van der Waals surface area (Å²) in [7, 11) is 0. The second-order valence-electron chi connectivity index (χ2n) is 13.6. The average molecular weight is 751 g/mol. The van der Waals surface area contributed by atoms with Crippen molar-refractivity contribution in [3.8, 4) is 0 Å². The lowest BCUT2D eigenvalue weighted by Gasteiger charge is -2.29. The van der Waals surface area contributed by atoms with Gasteiger partial charge in [0.15, 0.2) is 0 Å². The van der Waals surface area contributed by atoms with E-state index in [1.807, 2.05) is 30.3 Å². The van der Waals surface area contributed by atoms with E-state index in [2.05, 4.69) is 37.6 Å². The van der Waals surface area contributed by atoms with Crippen molar-refractivity contribution >= 4 is 47.2 Å². The zero-order valence-corrected chi connectivity index (χ0v) is 31.8. The normalized spacial score (nSPS) is 20.2. The summed E-state index contributed by atoms with van der Waals surface area (Å²) >= 11 is 1.44. The predicted molar refractivity (Wildman–Crippen MR) is 198 cm³/mol. The van der Waals surface area contributed by atoms with Crippen molar-refractivity contribution in [1.82, 2.24) is 31.9 Å². The second-order valence-corrected chi connectivity index (χ2v) is 14.8. The molecule has 1 aliphatic rings. The van der Waals surface area contributed by atoms with E-state index in [0.29, 0.717) is 38.1 Å². The summed E-state index contributed by atoms with van der Waals surface area (Å²) in [6.45, 7) is 6.74. The number of hydrogen-bond donors (Lipinski definition) is 9. The SMILES string of the molecule is CC(C)[C@H](NC(=O)[C@@H](NC(=O)[C@@H]1CSCCCCCC(=O)N[C@@H](CC[NH3+])C(=O)N1)[C@@H](C)O)C(=O)N[C@H](C(=O)NCCCCc1ccccc1)[C@@H](C)O. The number of rotatable bonds is 17. The zero-order chi connectivity index (χ0) is 38.6. The van der Waals surface area contributed by atoms with Crippen molar-refractivity contribution in [2.24, 2.45) is 5.92 Å². The maximum absolute atomic E-state index is 13.5. The molecule has 2 rings (SSSR count). The molecule has 1 heterocycles. The lowest BCUT2D eigenvalue weighted by Crippen LogP contribution is -2.63. The molecule has 11 N–H and O–H groups in total. The van der Waals surface area contributed by atoms with Crippen LogP contribution >= 0.6 is 11.8 Å². The fraction of sp³-hybridized carbons (Fsp3) is 0.667. The maximum atomic E-state index is 13.5. The third kappa shape index (κ3) is 15.9. The zero-order valence-electron chi connectivity index (χ0n) is 31.0. The lowest BCUT2D eigenvalue weighted by molar-refractivity contribution is -0.368. The van der Waals surface area contributed by atoms with Gasteiger partial charge in [0.05, 0.1) is 18.8 Å². The quantitative estimate of drug-likeness (QED) is 0.0878. The van der Waals surface area contributed by atoms with E-state index in [9.17, 15) is 39.0 Å². The Bertz CT molecular complexity index is 1300. The van der Waals surface area contributed by atoms with Crippen LogP contribution in [0.25, 0.3) is 0 Å². The largest absolute Gasteiger partial charge is 0.391 e. The van der Waals surface area contributed by atoms with Gasteiger partial charge in [-0.15, -0.1) is 0 Å². The Kier molecular flexibility index (Phi) is 20.3. The van der Waals surface area contributed by atoms with Crippen LogP contribution in [0, 0.1) is 5.92 Å². The van der Waals surface area contributed by atoms with Gasteiger partial charge in [0.1, 0.15) is 30.2 Å². The first-order valence-electron chi connectivity index (χ1n) is 18.3. The smallest absolute Gasteiger partial charge is 0.245 e. The highest BCUT2D eigenvalue weighted by atomic mass is 32.2. The summed E-state index contributed by atoms with van der Waals surface area (Å²) in [6, 6.07) is 3.97. The van der Waals surface area contributed by atoms with E-state index in [4.69, 9.17) is 0 Å². The summed E-state index contributed by atoms with van der Waals surface area (Å²) in [5.74, 6) is -3.33. The van der Waals surface area contributed by atoms with Crippen LogP contribution in [0.2, 0.25) is 0 Å². The summed E-state index contributed by atoms with van der Waals surface area (Å²) < 4.78 is 0. The minimum atomic E-state index is -1.50. The number of thioether (sulfide) groups is 1. The molecule has 0 saturated carbocycles. The van der Waals surface area contributed by atoms with Crippen LogP contribution in [-0.4, -0.2) is 113 Å². The van der Waals surface area contributed by atoms with Crippen molar-refractivity contribution in [3.63, 3.8) is 0 Å². The van der Waals surface area contributed by atoms with Crippen LogP contribution in [0.3, 0.4) is 0 Å². The van der Waals surface area contributed by atoms with Gasteiger partial charge in [0.2, 0.25) is 35.4 Å². The Hall–Kier alpha value is -3.73. The molecular formula is C36H60N7O8S+. The van der Waals surface area contributed by atoms with Crippen LogP contribution in [0.5, 0.6) is 0 Å². The molecule has 292 valence electrons. The molecule has 0 aliphatic carbocycles. The Morgan fingerprint density at radius 2 is 1.48 bits per heavy atom. The number of aliphatic hydroxyl groups is 2. The number of unbranched alkanes of at least 4 members (excludes halogenated alkanes) is 1. The standard InChI is InChI=1S/C36H59N7O8S/c1-22(2)29(35(50)43-30(23(3)44)34(49)38-19-11-10-15-25-13-7-5-8-14-25)41-36(51)31(24(4)45)42-33(48)27-21-52-20-12-6-9-16-28(46)39-26(17-18-37)32(47)40-27/h5,7-8,13-14,22-24,26-27,29-31,44-45H,6,9-12,15-21,37H2,1-4H3,(H,38,49)(H,39,46)(H,40,47)(H,41,51)(H,42,48)(H,43,50)/p+1/t23-,24-,26+,27+,29+,30+,31+/m1/s1. The minimum absolute atomic E-state index is 0.184. The number of quaternary nitrogens is 1. The fourth-order valence-electron chi connectivity index (χ4n) is 5.57. The number of carbonyl (C=O) groups excluding carboxylic acids is 6. The van der Waals surface area contributed by atoms with Crippen LogP contribution in [-0.2, 0) is 35.2 Å². The Labute approximate surface area is 311 Å². The first-order valence-corrected chi connectivity index (χ1v) is 19.5. The topological polar surface area (TPSA) is 243 Å². The van der Waals surface area contributed by atoms with Crippen molar-refractivity contribution in [1.29, 1.82) is 0 Å². The Morgan fingerprint density at radius 3 is 2.12 bits per heavy atom. The van der Waals surface area contributed by atoms with Gasteiger partial charge in [0.25, 0.3) is 0 Å². The Morgan fingerprint density at radius 1 is 0.846 bits per heavy atom. The van der Waals surface area contributed by atoms with Crippen LogP contribution in [0.15, 0.2) is 30.3 Å². The second kappa shape index (κ2) is 23.8. The van der Waals surface area contributed by atoms with Crippen LogP contribution in [0.4, 0.5) is 0 Å². The monoisotopic (exact) mass is 750 g/mol. The number of nitrogens with one attached hydrogen (secondary N) is 6. The molecule has 0 radical (unpaired) electrons. The van der Waals surface area contributed by atoms with Gasteiger partial charge in [-0.05, 0) is 63.2 Å². The van der Waals surface area contributed by atoms with Gasteiger partial charge in [-0.3, -0.25) is 28.8 Å². The van der Waals surface area contributed by atoms with Crippen molar-refractivity contribution in [2.45, 2.75) is 121 Å². The summed E-state index contributed by atoms with van der Waals surface area (Å²) in [5.41, 5.74) is 4.97. The van der Waals surface area contributed by atoms with E-state index in [0.717, 1.165) is 25.7 Å². The van der Waals surface area contributed by atoms with Crippen LogP contribution in [0.1, 0.15) is 78.2 Å². The number of aliphatic hydroxyl groups excluding tert-OH is 2. The highest BCUT2D eigenvalue weighted by Gasteiger charge is 2.36. The molecule has 0 unspecified atom stereocenters. The number of hydrogen-bond acceptors (Lipinski definition) is 9. The summed E-state index contributed by atoms with van der Waals surface area (Å²) in [6.07, 6.45) is 2.59. The third-order valence-electron chi connectivity index (χ3n) is 8.66. The number of carbonyl (C=O) groups is 6. The van der Waals surface area contributed by atoms with Gasteiger partial charge in [-0.2, -0.15) is 11.8 Å². The first-order chi connectivity index (χ1) is 24.7. The summed E-state index contributed by atoms with van der Waals surface area (Å²) in [5, 5.41) is 36.7. The average Bonchev–Trinajstić information content (AvgIpc) is 3.10. The lowest BCUT2D eigenvalue weighted by atomic mass is 10.0. The van der Waals surface area contributed by atoms with E-state index in [1.165, 1.54) is 31.2 Å². The first kappa shape index (κ1) is 44.4. The fourth-order valence-corrected chi connectivity index (χ4v) is 6.61. The van der Waals surface area contributed by atoms with E-state index in [-0.39, 0.29) is 18.1 Å². The Balaban J connectivity index is 2.08. The maximum Gasteiger partial charge on any atom is 0.245 e. The van der Waals surface area contributed by atoms with E-state index >= 15 is 0 Å². The van der Waals surface area contributed by atoms with Gasteiger partial charge in [-0.1, -0.05) is 50.6 Å². The molecule has 0 bridgehead atoms. The molecule has 1 aliphatic heterocycles. The predicted octanol–water partition coefficient (Wildman–Crippen LogP) is -1.09. The molecule has 0 spiro atoms. The number of aryl methyl sites for hydroxylation is 1. The molecule has 52 heavy (non-hydrogen) atoms. The van der Waals surface area contributed by atoms with Gasteiger partial charge >= 0.3 is 0 Å². The van der Waals surface area contributed by atoms with Crippen molar-refractivity contribution in [3.05, 3.63) is 35.9 Å². The van der Waals surface area contributed by atoms with E-state index < -0.39 is 77.9 Å². The van der Waals surface area contributed by atoms with Gasteiger partial charge in [-0.25, -0.2) is 0 Å². The van der Waals surface area contributed by atoms with Crippen LogP contribution < -0.4 is 37.6 Å². The van der Waals surface area contributed by atoms with Gasteiger partial charge in [0, 0.05) is 25.1 Å². The highest BCUT2D eigenvalue weighted by molar-refractivity contribution is 7.99. The molecule has 1 fully saturated rings. The van der Waals surface area contributed by atoms with E-state index in [1.54, 1.807) is 13.8 Å². The molecule has 1 aromatic rings. The van der Waals surface area contributed by atoms with Gasteiger partial charge < -0.3 is 47.8 Å². The molecular weight excluding hydrogens is 691 g/mol. The molecule has 6 amide bonds. The van der Waals surface area contributed by atoms with Crippen molar-refractivity contribution < 1.29 is 44.7 Å². The number of benzene rings is 1. The third-order valence-corrected chi connectivity index (χ3v) is 9.81. The highest BCUT2D eigenvalue weighted by Crippen LogP contribution is 2.12. The molecule has 1 aromatic carbocycles.